The lowest BCUT2D eigenvalue weighted by Crippen LogP contribution is -2.16. The number of aromatic nitrogens is 2. The van der Waals surface area contributed by atoms with Crippen molar-refractivity contribution in [3.8, 4) is 11.4 Å². The zero-order chi connectivity index (χ0) is 13.2. The molecule has 3 rings (SSSR count). The molecule has 5 heteroatoms. The molecule has 1 aromatic carbocycles. The summed E-state index contributed by atoms with van der Waals surface area (Å²) in [6.45, 7) is 3.46. The van der Waals surface area contributed by atoms with Gasteiger partial charge in [0.2, 0.25) is 11.7 Å². The molecule has 19 heavy (non-hydrogen) atoms. The molecule has 1 aliphatic rings. The van der Waals surface area contributed by atoms with Gasteiger partial charge >= 0.3 is 0 Å². The molecule has 0 atom stereocenters. The van der Waals surface area contributed by atoms with E-state index in [0.29, 0.717) is 23.8 Å². The van der Waals surface area contributed by atoms with Crippen LogP contribution in [0.4, 0.5) is 4.39 Å². The van der Waals surface area contributed by atoms with Gasteiger partial charge in [0.15, 0.2) is 0 Å². The number of benzene rings is 1. The fourth-order valence-electron chi connectivity index (χ4n) is 1.98. The predicted octanol–water partition coefficient (Wildman–Crippen LogP) is 2.68. The van der Waals surface area contributed by atoms with Gasteiger partial charge < -0.3 is 9.84 Å². The highest BCUT2D eigenvalue weighted by Gasteiger charge is 2.20. The Balaban J connectivity index is 1.70. The van der Waals surface area contributed by atoms with E-state index in [1.807, 2.05) is 6.92 Å². The fourth-order valence-corrected chi connectivity index (χ4v) is 1.98. The van der Waals surface area contributed by atoms with Crippen LogP contribution in [0.2, 0.25) is 0 Å². The Kier molecular flexibility index (Phi) is 3.29. The maximum atomic E-state index is 13.2. The number of nitrogens with one attached hydrogen (secondary N) is 1. The van der Waals surface area contributed by atoms with Crippen molar-refractivity contribution in [1.29, 1.82) is 0 Å². The first-order valence-corrected chi connectivity index (χ1v) is 6.52. The van der Waals surface area contributed by atoms with E-state index in [1.165, 1.54) is 25.0 Å². The van der Waals surface area contributed by atoms with Gasteiger partial charge in [0.05, 0.1) is 6.54 Å². The van der Waals surface area contributed by atoms with Crippen LogP contribution in [0.1, 0.15) is 24.3 Å². The zero-order valence-corrected chi connectivity index (χ0v) is 10.8. The minimum absolute atomic E-state index is 0.293. The summed E-state index contributed by atoms with van der Waals surface area (Å²) in [5.74, 6) is 1.51. The van der Waals surface area contributed by atoms with Gasteiger partial charge in [0.25, 0.3) is 0 Å². The smallest absolute Gasteiger partial charge is 0.240 e. The molecule has 1 heterocycles. The highest BCUT2D eigenvalue weighted by Crippen LogP contribution is 2.27. The Morgan fingerprint density at radius 1 is 1.42 bits per heavy atom. The van der Waals surface area contributed by atoms with Gasteiger partial charge in [-0.15, -0.1) is 0 Å². The molecule has 0 saturated heterocycles. The van der Waals surface area contributed by atoms with E-state index in [-0.39, 0.29) is 5.82 Å². The van der Waals surface area contributed by atoms with E-state index >= 15 is 0 Å². The van der Waals surface area contributed by atoms with E-state index in [9.17, 15) is 4.39 Å². The number of aryl methyl sites for hydroxylation is 1. The SMILES string of the molecule is Cc1ccc(F)cc1-c1noc(CNCC2CC2)n1. The number of hydrogen-bond acceptors (Lipinski definition) is 4. The largest absolute Gasteiger partial charge is 0.338 e. The van der Waals surface area contributed by atoms with Crippen molar-refractivity contribution >= 4 is 0 Å². The molecule has 2 aromatic rings. The molecule has 1 aliphatic carbocycles. The Morgan fingerprint density at radius 3 is 3.05 bits per heavy atom. The highest BCUT2D eigenvalue weighted by atomic mass is 19.1. The quantitative estimate of drug-likeness (QED) is 0.899. The summed E-state index contributed by atoms with van der Waals surface area (Å²) >= 11 is 0. The maximum absolute atomic E-state index is 13.2. The monoisotopic (exact) mass is 261 g/mol. The third kappa shape index (κ3) is 2.98. The Bertz CT molecular complexity index is 578. The van der Waals surface area contributed by atoms with Crippen LogP contribution >= 0.6 is 0 Å². The molecule has 1 N–H and O–H groups in total. The molecule has 0 amide bonds. The Hall–Kier alpha value is -1.75. The van der Waals surface area contributed by atoms with Crippen molar-refractivity contribution in [2.24, 2.45) is 5.92 Å². The van der Waals surface area contributed by atoms with Crippen molar-refractivity contribution in [2.75, 3.05) is 6.54 Å². The second-order valence-electron chi connectivity index (χ2n) is 5.05. The highest BCUT2D eigenvalue weighted by molar-refractivity contribution is 5.59. The van der Waals surface area contributed by atoms with Crippen LogP contribution in [0.25, 0.3) is 11.4 Å². The summed E-state index contributed by atoms with van der Waals surface area (Å²) in [4.78, 5) is 4.29. The van der Waals surface area contributed by atoms with Crippen LogP contribution < -0.4 is 5.32 Å². The van der Waals surface area contributed by atoms with Crippen LogP contribution in [0.3, 0.4) is 0 Å². The second kappa shape index (κ2) is 5.09. The van der Waals surface area contributed by atoms with Gasteiger partial charge in [-0.1, -0.05) is 11.2 Å². The molecule has 100 valence electrons. The summed E-state index contributed by atoms with van der Waals surface area (Å²) in [6.07, 6.45) is 2.62. The molecule has 0 radical (unpaired) electrons. The van der Waals surface area contributed by atoms with Gasteiger partial charge in [-0.2, -0.15) is 4.98 Å². The van der Waals surface area contributed by atoms with E-state index in [1.54, 1.807) is 6.07 Å². The summed E-state index contributed by atoms with van der Waals surface area (Å²) in [6, 6.07) is 4.57. The van der Waals surface area contributed by atoms with E-state index in [0.717, 1.165) is 18.0 Å². The van der Waals surface area contributed by atoms with E-state index < -0.39 is 0 Å². The number of rotatable bonds is 5. The zero-order valence-electron chi connectivity index (χ0n) is 10.8. The van der Waals surface area contributed by atoms with Crippen LogP contribution in [0.5, 0.6) is 0 Å². The Labute approximate surface area is 111 Å². The number of nitrogens with zero attached hydrogens (tertiary/aromatic N) is 2. The molecular weight excluding hydrogens is 245 g/mol. The lowest BCUT2D eigenvalue weighted by molar-refractivity contribution is 0.367. The lowest BCUT2D eigenvalue weighted by atomic mass is 10.1. The standard InChI is InChI=1S/C14H16FN3O/c1-9-2-5-11(15)6-12(9)14-17-13(19-18-14)8-16-7-10-3-4-10/h2,5-6,10,16H,3-4,7-8H2,1H3. The molecular formula is C14H16FN3O. The van der Waals surface area contributed by atoms with Gasteiger partial charge in [0.1, 0.15) is 5.82 Å². The first-order valence-electron chi connectivity index (χ1n) is 6.52. The first kappa shape index (κ1) is 12.3. The van der Waals surface area contributed by atoms with Crippen LogP contribution in [-0.2, 0) is 6.54 Å². The molecule has 1 fully saturated rings. The van der Waals surface area contributed by atoms with Gasteiger partial charge in [-0.3, -0.25) is 0 Å². The normalized spacial score (nSPS) is 14.8. The van der Waals surface area contributed by atoms with E-state index in [2.05, 4.69) is 15.5 Å². The molecule has 0 spiro atoms. The van der Waals surface area contributed by atoms with Crippen molar-refractivity contribution in [3.63, 3.8) is 0 Å². The second-order valence-corrected chi connectivity index (χ2v) is 5.05. The van der Waals surface area contributed by atoms with Gasteiger partial charge in [-0.25, -0.2) is 4.39 Å². The number of halogens is 1. The van der Waals surface area contributed by atoms with Crippen molar-refractivity contribution in [2.45, 2.75) is 26.3 Å². The Morgan fingerprint density at radius 2 is 2.26 bits per heavy atom. The average Bonchev–Trinajstić information content (AvgIpc) is 3.10. The first-order chi connectivity index (χ1) is 9.22. The minimum atomic E-state index is -0.293. The van der Waals surface area contributed by atoms with Crippen LogP contribution in [0.15, 0.2) is 22.7 Å². The third-order valence-electron chi connectivity index (χ3n) is 3.31. The molecule has 0 bridgehead atoms. The molecule has 1 aromatic heterocycles. The minimum Gasteiger partial charge on any atom is -0.338 e. The summed E-state index contributed by atoms with van der Waals surface area (Å²) < 4.78 is 18.4. The summed E-state index contributed by atoms with van der Waals surface area (Å²) in [7, 11) is 0. The lowest BCUT2D eigenvalue weighted by Gasteiger charge is -2.00. The van der Waals surface area contributed by atoms with Crippen LogP contribution in [-0.4, -0.2) is 16.7 Å². The molecule has 1 saturated carbocycles. The molecule has 0 aliphatic heterocycles. The molecule has 4 nitrogen and oxygen atoms in total. The molecule has 0 unspecified atom stereocenters. The van der Waals surface area contributed by atoms with Crippen molar-refractivity contribution < 1.29 is 8.91 Å². The van der Waals surface area contributed by atoms with Crippen molar-refractivity contribution in [1.82, 2.24) is 15.5 Å². The summed E-state index contributed by atoms with van der Waals surface area (Å²) in [5.41, 5.74) is 1.61. The number of hydrogen-bond donors (Lipinski definition) is 1. The topological polar surface area (TPSA) is 51.0 Å². The van der Waals surface area contributed by atoms with Gasteiger partial charge in [0, 0.05) is 5.56 Å². The summed E-state index contributed by atoms with van der Waals surface area (Å²) in [5, 5.41) is 7.19. The fraction of sp³-hybridized carbons (Fsp3) is 0.429. The van der Waals surface area contributed by atoms with Crippen molar-refractivity contribution in [3.05, 3.63) is 35.5 Å². The van der Waals surface area contributed by atoms with E-state index in [4.69, 9.17) is 4.52 Å². The maximum Gasteiger partial charge on any atom is 0.240 e. The van der Waals surface area contributed by atoms with Crippen LogP contribution in [0, 0.1) is 18.7 Å². The third-order valence-corrected chi connectivity index (χ3v) is 3.31. The van der Waals surface area contributed by atoms with Gasteiger partial charge in [-0.05, 0) is 49.9 Å². The predicted molar refractivity (Wildman–Crippen MR) is 68.9 cm³/mol. The average molecular weight is 261 g/mol.